The number of anilines is 1. The Morgan fingerprint density at radius 3 is 2.15 bits per heavy atom. The predicted octanol–water partition coefficient (Wildman–Crippen LogP) is 3.90. The Morgan fingerprint density at radius 1 is 1.07 bits per heavy atom. The fourth-order valence-electron chi connectivity index (χ4n) is 2.62. The molecule has 8 heteroatoms. The van der Waals surface area contributed by atoms with Crippen molar-refractivity contribution in [2.45, 2.75) is 31.7 Å². The molecule has 0 aromatic heterocycles. The van der Waals surface area contributed by atoms with Gasteiger partial charge in [0.1, 0.15) is 5.82 Å². The van der Waals surface area contributed by atoms with Crippen LogP contribution < -0.4 is 10.6 Å². The van der Waals surface area contributed by atoms with E-state index in [0.717, 1.165) is 5.56 Å². The summed E-state index contributed by atoms with van der Waals surface area (Å²) >= 11 is 5.28. The van der Waals surface area contributed by atoms with Crippen molar-refractivity contribution in [2.75, 3.05) is 18.4 Å². The van der Waals surface area contributed by atoms with E-state index in [1.54, 1.807) is 36.4 Å². The number of sulfonamides is 1. The molecule has 2 N–H and O–H groups in total. The molecule has 0 saturated heterocycles. The number of nitrogens with one attached hydrogen (secondary N) is 2. The monoisotopic (exact) mass is 409 g/mol. The zero-order chi connectivity index (χ0) is 20.0. The lowest BCUT2D eigenvalue weighted by Gasteiger charge is -2.20. The van der Waals surface area contributed by atoms with Crippen LogP contribution in [0.1, 0.15) is 32.4 Å². The lowest BCUT2D eigenvalue weighted by atomic mass is 10.1. The Labute approximate surface area is 165 Å². The molecular formula is C19H24FN3O2S2. The number of benzene rings is 2. The van der Waals surface area contributed by atoms with Gasteiger partial charge in [-0.25, -0.2) is 12.8 Å². The maximum absolute atomic E-state index is 12.9. The van der Waals surface area contributed by atoms with Crippen LogP contribution >= 0.6 is 12.2 Å². The number of hydrogen-bond donors (Lipinski definition) is 2. The van der Waals surface area contributed by atoms with Crippen LogP contribution in [0.3, 0.4) is 0 Å². The summed E-state index contributed by atoms with van der Waals surface area (Å²) in [6.45, 7) is 6.42. The molecule has 27 heavy (non-hydrogen) atoms. The smallest absolute Gasteiger partial charge is 0.243 e. The van der Waals surface area contributed by atoms with Crippen molar-refractivity contribution in [1.29, 1.82) is 0 Å². The molecule has 146 valence electrons. The molecule has 1 atom stereocenters. The Kier molecular flexibility index (Phi) is 7.29. The maximum Gasteiger partial charge on any atom is 0.243 e. The second-order valence-corrected chi connectivity index (χ2v) is 8.33. The molecule has 0 amide bonds. The van der Waals surface area contributed by atoms with E-state index >= 15 is 0 Å². The van der Waals surface area contributed by atoms with Crippen molar-refractivity contribution in [1.82, 2.24) is 9.62 Å². The van der Waals surface area contributed by atoms with Gasteiger partial charge in [-0.15, -0.1) is 0 Å². The number of thiocarbonyl (C=S) groups is 1. The van der Waals surface area contributed by atoms with Crippen LogP contribution in [0.15, 0.2) is 53.4 Å². The highest BCUT2D eigenvalue weighted by molar-refractivity contribution is 7.89. The van der Waals surface area contributed by atoms with Gasteiger partial charge in [-0.1, -0.05) is 26.0 Å². The molecule has 0 aliphatic heterocycles. The second kappa shape index (κ2) is 9.25. The Bertz CT molecular complexity index is 865. The van der Waals surface area contributed by atoms with Crippen LogP contribution in [0.4, 0.5) is 10.1 Å². The first-order chi connectivity index (χ1) is 12.8. The van der Waals surface area contributed by atoms with Gasteiger partial charge < -0.3 is 10.6 Å². The number of nitrogens with zero attached hydrogens (tertiary/aromatic N) is 1. The molecule has 0 aliphatic carbocycles. The highest BCUT2D eigenvalue weighted by Gasteiger charge is 2.21. The molecule has 0 heterocycles. The molecular weight excluding hydrogens is 385 g/mol. The highest BCUT2D eigenvalue weighted by Crippen LogP contribution is 2.19. The normalized spacial score (nSPS) is 12.6. The topological polar surface area (TPSA) is 61.4 Å². The van der Waals surface area contributed by atoms with E-state index in [-0.39, 0.29) is 16.8 Å². The molecule has 0 bridgehead atoms. The Morgan fingerprint density at radius 2 is 1.63 bits per heavy atom. The summed E-state index contributed by atoms with van der Waals surface area (Å²) < 4.78 is 39.4. The zero-order valence-corrected chi connectivity index (χ0v) is 17.2. The number of hydrogen-bond acceptors (Lipinski definition) is 3. The minimum absolute atomic E-state index is 0.129. The molecule has 2 rings (SSSR count). The summed E-state index contributed by atoms with van der Waals surface area (Å²) in [5, 5.41) is 6.51. The Hall–Kier alpha value is -2.03. The second-order valence-electron chi connectivity index (χ2n) is 5.99. The van der Waals surface area contributed by atoms with Gasteiger partial charge in [-0.2, -0.15) is 4.31 Å². The molecule has 0 spiro atoms. The average Bonchev–Trinajstić information content (AvgIpc) is 2.64. The largest absolute Gasteiger partial charge is 0.356 e. The highest BCUT2D eigenvalue weighted by atomic mass is 32.2. The quantitative estimate of drug-likeness (QED) is 0.679. The van der Waals surface area contributed by atoms with Crippen molar-refractivity contribution in [3.8, 4) is 0 Å². The SMILES string of the molecule is CCN(CC)S(=O)(=O)c1ccc([C@H](C)NC(=S)Nc2ccc(F)cc2)cc1. The van der Waals surface area contributed by atoms with Crippen LogP contribution in [-0.4, -0.2) is 30.9 Å². The van der Waals surface area contributed by atoms with Crippen molar-refractivity contribution in [2.24, 2.45) is 0 Å². The summed E-state index contributed by atoms with van der Waals surface area (Å²) in [7, 11) is -3.47. The molecule has 0 aliphatic rings. The lowest BCUT2D eigenvalue weighted by molar-refractivity contribution is 0.445. The van der Waals surface area contributed by atoms with Crippen molar-refractivity contribution >= 4 is 33.0 Å². The molecule has 5 nitrogen and oxygen atoms in total. The third kappa shape index (κ3) is 5.47. The van der Waals surface area contributed by atoms with Crippen molar-refractivity contribution in [3.05, 3.63) is 59.9 Å². The van der Waals surface area contributed by atoms with E-state index in [1.165, 1.54) is 16.4 Å². The van der Waals surface area contributed by atoms with Crippen LogP contribution in [0.2, 0.25) is 0 Å². The van der Waals surface area contributed by atoms with Gasteiger partial charge in [0.15, 0.2) is 5.11 Å². The maximum atomic E-state index is 12.9. The van der Waals surface area contributed by atoms with Crippen LogP contribution in [0, 0.1) is 5.82 Å². The predicted molar refractivity (Wildman–Crippen MR) is 111 cm³/mol. The van der Waals surface area contributed by atoms with E-state index in [4.69, 9.17) is 12.2 Å². The summed E-state index contributed by atoms with van der Waals surface area (Å²) in [6, 6.07) is 12.5. The van der Waals surface area contributed by atoms with Crippen molar-refractivity contribution < 1.29 is 12.8 Å². The van der Waals surface area contributed by atoms with Gasteiger partial charge in [0.25, 0.3) is 0 Å². The number of halogens is 1. The van der Waals surface area contributed by atoms with Crippen LogP contribution in [-0.2, 0) is 10.0 Å². The molecule has 0 unspecified atom stereocenters. The van der Waals surface area contributed by atoms with Gasteiger partial charge in [0, 0.05) is 18.8 Å². The standard InChI is InChI=1S/C19H24FN3O2S2/c1-4-23(5-2)27(24,25)18-12-6-15(7-13-18)14(3)21-19(26)22-17-10-8-16(20)9-11-17/h6-14H,4-5H2,1-3H3,(H2,21,22,26)/t14-/m0/s1. The van der Waals surface area contributed by atoms with Crippen molar-refractivity contribution in [3.63, 3.8) is 0 Å². The minimum Gasteiger partial charge on any atom is -0.356 e. The summed E-state index contributed by atoms with van der Waals surface area (Å²) in [5.41, 5.74) is 1.58. The van der Waals surface area contributed by atoms with E-state index in [9.17, 15) is 12.8 Å². The number of rotatable bonds is 7. The molecule has 0 fully saturated rings. The van der Waals surface area contributed by atoms with E-state index in [1.807, 2.05) is 20.8 Å². The summed E-state index contributed by atoms with van der Waals surface area (Å²) in [4.78, 5) is 0.272. The molecule has 2 aromatic rings. The van der Waals surface area contributed by atoms with E-state index in [2.05, 4.69) is 10.6 Å². The van der Waals surface area contributed by atoms with Gasteiger partial charge in [0.05, 0.1) is 10.9 Å². The van der Waals surface area contributed by atoms with Crippen LogP contribution in [0.25, 0.3) is 0 Å². The molecule has 0 radical (unpaired) electrons. The van der Waals surface area contributed by atoms with E-state index < -0.39 is 10.0 Å². The van der Waals surface area contributed by atoms with E-state index in [0.29, 0.717) is 23.9 Å². The Balaban J connectivity index is 2.03. The molecule has 0 saturated carbocycles. The van der Waals surface area contributed by atoms with Gasteiger partial charge in [-0.05, 0) is 61.1 Å². The van der Waals surface area contributed by atoms with Gasteiger partial charge in [0.2, 0.25) is 10.0 Å². The lowest BCUT2D eigenvalue weighted by Crippen LogP contribution is -2.31. The fraction of sp³-hybridized carbons (Fsp3) is 0.316. The first-order valence-electron chi connectivity index (χ1n) is 8.71. The average molecular weight is 410 g/mol. The van der Waals surface area contributed by atoms with Crippen LogP contribution in [0.5, 0.6) is 0 Å². The zero-order valence-electron chi connectivity index (χ0n) is 15.6. The summed E-state index contributed by atoms with van der Waals surface area (Å²) in [5.74, 6) is -0.312. The summed E-state index contributed by atoms with van der Waals surface area (Å²) in [6.07, 6.45) is 0. The third-order valence-electron chi connectivity index (χ3n) is 4.17. The third-order valence-corrected chi connectivity index (χ3v) is 6.46. The van der Waals surface area contributed by atoms with Gasteiger partial charge in [-0.3, -0.25) is 0 Å². The van der Waals surface area contributed by atoms with Gasteiger partial charge >= 0.3 is 0 Å². The fourth-order valence-corrected chi connectivity index (χ4v) is 4.37. The first-order valence-corrected chi connectivity index (χ1v) is 10.6. The minimum atomic E-state index is -3.47. The molecule has 2 aromatic carbocycles. The first kappa shape index (κ1) is 21.3.